The fourth-order valence-electron chi connectivity index (χ4n) is 1.52. The van der Waals surface area contributed by atoms with Crippen molar-refractivity contribution in [1.29, 1.82) is 0 Å². The summed E-state index contributed by atoms with van der Waals surface area (Å²) >= 11 is 5.09. The molecule has 0 saturated heterocycles. The lowest BCUT2D eigenvalue weighted by Crippen LogP contribution is -2.06. The van der Waals surface area contributed by atoms with E-state index in [-0.39, 0.29) is 5.69 Å². The molecule has 0 fully saturated rings. The van der Waals surface area contributed by atoms with E-state index in [1.54, 1.807) is 11.8 Å². The molecule has 2 aromatic rings. The predicted octanol–water partition coefficient (Wildman–Crippen LogP) is 3.37. The summed E-state index contributed by atoms with van der Waals surface area (Å²) in [5.41, 5.74) is 1.71. The van der Waals surface area contributed by atoms with Gasteiger partial charge in [-0.25, -0.2) is 9.78 Å². The summed E-state index contributed by atoms with van der Waals surface area (Å²) in [6.45, 7) is 0. The van der Waals surface area contributed by atoms with E-state index in [1.807, 2.05) is 24.3 Å². The molecule has 98 valence electrons. The Morgan fingerprint density at radius 1 is 1.21 bits per heavy atom. The molecule has 0 aliphatic heterocycles. The zero-order chi connectivity index (χ0) is 13.7. The lowest BCUT2D eigenvalue weighted by atomic mass is 10.2. The average molecular weight is 339 g/mol. The smallest absolute Gasteiger partial charge is 0.356 e. The second kappa shape index (κ2) is 6.68. The van der Waals surface area contributed by atoms with Gasteiger partial charge in [0.15, 0.2) is 5.69 Å². The minimum Gasteiger partial charge on any atom is -0.476 e. The molecule has 0 aliphatic carbocycles. The van der Waals surface area contributed by atoms with E-state index in [0.29, 0.717) is 11.4 Å². The fraction of sp³-hybridized carbons (Fsp3) is 0.154. The summed E-state index contributed by atoms with van der Waals surface area (Å²) < 4.78 is 1.06. The van der Waals surface area contributed by atoms with Gasteiger partial charge in [-0.3, -0.25) is 4.98 Å². The van der Waals surface area contributed by atoms with Crippen LogP contribution >= 0.6 is 27.7 Å². The lowest BCUT2D eigenvalue weighted by molar-refractivity contribution is 0.0689. The number of hydrogen-bond acceptors (Lipinski definition) is 4. The molecule has 4 nitrogen and oxygen atoms in total. The quantitative estimate of drug-likeness (QED) is 0.905. The largest absolute Gasteiger partial charge is 0.476 e. The topological polar surface area (TPSA) is 63.1 Å². The van der Waals surface area contributed by atoms with Crippen LogP contribution in [0.5, 0.6) is 0 Å². The number of nitrogens with zero attached hydrogens (tertiary/aromatic N) is 2. The second-order valence-corrected chi connectivity index (χ2v) is 5.58. The molecule has 0 aliphatic rings. The molecular weight excluding hydrogens is 328 g/mol. The van der Waals surface area contributed by atoms with E-state index in [0.717, 1.165) is 10.2 Å². The Morgan fingerprint density at radius 3 is 2.68 bits per heavy atom. The molecule has 6 heteroatoms. The third-order valence-electron chi connectivity index (χ3n) is 2.43. The third kappa shape index (κ3) is 3.78. The molecule has 0 atom stereocenters. The zero-order valence-corrected chi connectivity index (χ0v) is 12.3. The minimum absolute atomic E-state index is 0.0297. The molecule has 0 bridgehead atoms. The molecule has 0 amide bonds. The van der Waals surface area contributed by atoms with Gasteiger partial charge in [0.1, 0.15) is 0 Å². The number of carbonyl (C=O) groups is 1. The van der Waals surface area contributed by atoms with Crippen molar-refractivity contribution >= 4 is 33.7 Å². The number of aromatic nitrogens is 2. The Kier molecular flexibility index (Phi) is 4.93. The molecule has 1 aromatic heterocycles. The van der Waals surface area contributed by atoms with Gasteiger partial charge in [0, 0.05) is 28.4 Å². The molecule has 0 saturated carbocycles. The number of rotatable bonds is 5. The highest BCUT2D eigenvalue weighted by atomic mass is 79.9. The van der Waals surface area contributed by atoms with Crippen LogP contribution in [0.25, 0.3) is 0 Å². The minimum atomic E-state index is -1.04. The Balaban J connectivity index is 2.00. The van der Waals surface area contributed by atoms with Crippen LogP contribution < -0.4 is 0 Å². The van der Waals surface area contributed by atoms with Crippen molar-refractivity contribution in [3.63, 3.8) is 0 Å². The van der Waals surface area contributed by atoms with Crippen LogP contribution in [0.3, 0.4) is 0 Å². The van der Waals surface area contributed by atoms with Crippen molar-refractivity contribution in [1.82, 2.24) is 9.97 Å². The number of hydrogen-bond donors (Lipinski definition) is 1. The highest BCUT2D eigenvalue weighted by molar-refractivity contribution is 9.10. The Hall–Kier alpha value is -1.40. The first-order valence-electron chi connectivity index (χ1n) is 5.53. The number of aromatic carboxylic acids is 1. The molecule has 1 N–H and O–H groups in total. The number of benzene rings is 1. The molecule has 2 rings (SSSR count). The van der Waals surface area contributed by atoms with Gasteiger partial charge in [0.05, 0.1) is 5.69 Å². The van der Waals surface area contributed by atoms with Gasteiger partial charge in [-0.15, -0.1) is 0 Å². The van der Waals surface area contributed by atoms with Crippen molar-refractivity contribution in [2.75, 3.05) is 0 Å². The summed E-state index contributed by atoms with van der Waals surface area (Å²) in [5.74, 6) is 0.276. The maximum atomic E-state index is 11.0. The van der Waals surface area contributed by atoms with Crippen molar-refractivity contribution < 1.29 is 9.90 Å². The van der Waals surface area contributed by atoms with Crippen molar-refractivity contribution in [2.45, 2.75) is 11.5 Å². The maximum Gasteiger partial charge on any atom is 0.356 e. The predicted molar refractivity (Wildman–Crippen MR) is 78.1 cm³/mol. The van der Waals surface area contributed by atoms with E-state index >= 15 is 0 Å². The average Bonchev–Trinajstić information content (AvgIpc) is 2.41. The van der Waals surface area contributed by atoms with Crippen LogP contribution in [0.2, 0.25) is 0 Å². The summed E-state index contributed by atoms with van der Waals surface area (Å²) in [4.78, 5) is 18.9. The van der Waals surface area contributed by atoms with Gasteiger partial charge in [0.2, 0.25) is 0 Å². The van der Waals surface area contributed by atoms with Gasteiger partial charge in [-0.05, 0) is 11.6 Å². The molecule has 1 aromatic carbocycles. The first kappa shape index (κ1) is 14.0. The van der Waals surface area contributed by atoms with Crippen LogP contribution in [-0.2, 0) is 11.5 Å². The SMILES string of the molecule is O=C(O)c1nccnc1CSCc1ccccc1Br. The van der Waals surface area contributed by atoms with Gasteiger partial charge in [0.25, 0.3) is 0 Å². The first-order valence-corrected chi connectivity index (χ1v) is 7.47. The Morgan fingerprint density at radius 2 is 1.95 bits per heavy atom. The van der Waals surface area contributed by atoms with E-state index in [1.165, 1.54) is 18.0 Å². The Labute approximate surface area is 123 Å². The zero-order valence-electron chi connectivity index (χ0n) is 9.91. The van der Waals surface area contributed by atoms with Crippen LogP contribution in [0.4, 0.5) is 0 Å². The third-order valence-corrected chi connectivity index (χ3v) is 4.20. The maximum absolute atomic E-state index is 11.0. The van der Waals surface area contributed by atoms with Crippen LogP contribution in [0.15, 0.2) is 41.1 Å². The summed E-state index contributed by atoms with van der Waals surface area (Å²) in [6.07, 6.45) is 2.91. The van der Waals surface area contributed by atoms with Crippen LogP contribution in [0.1, 0.15) is 21.7 Å². The highest BCUT2D eigenvalue weighted by Crippen LogP contribution is 2.23. The summed E-state index contributed by atoms with van der Waals surface area (Å²) in [6, 6.07) is 7.96. The number of halogens is 1. The molecule has 0 spiro atoms. The van der Waals surface area contributed by atoms with Gasteiger partial charge >= 0.3 is 5.97 Å². The monoisotopic (exact) mass is 338 g/mol. The van der Waals surface area contributed by atoms with E-state index in [4.69, 9.17) is 5.11 Å². The van der Waals surface area contributed by atoms with Gasteiger partial charge < -0.3 is 5.11 Å². The van der Waals surface area contributed by atoms with E-state index in [2.05, 4.69) is 25.9 Å². The van der Waals surface area contributed by atoms with Crippen LogP contribution in [0, 0.1) is 0 Å². The first-order chi connectivity index (χ1) is 9.18. The number of thioether (sulfide) groups is 1. The molecule has 19 heavy (non-hydrogen) atoms. The lowest BCUT2D eigenvalue weighted by Gasteiger charge is -2.05. The number of carboxylic acids is 1. The fourth-order valence-corrected chi connectivity index (χ4v) is 3.11. The van der Waals surface area contributed by atoms with Gasteiger partial charge in [-0.2, -0.15) is 11.8 Å². The van der Waals surface area contributed by atoms with E-state index in [9.17, 15) is 4.79 Å². The molecular formula is C13H11BrN2O2S. The summed E-state index contributed by atoms with van der Waals surface area (Å²) in [5, 5.41) is 9.01. The molecule has 0 unspecified atom stereocenters. The standard InChI is InChI=1S/C13H11BrN2O2S/c14-10-4-2-1-3-9(10)7-19-8-11-12(13(17)18)16-6-5-15-11/h1-6H,7-8H2,(H,17,18). The molecule has 0 radical (unpaired) electrons. The van der Waals surface area contributed by atoms with Crippen molar-refractivity contribution in [3.05, 3.63) is 58.1 Å². The second-order valence-electron chi connectivity index (χ2n) is 3.74. The molecule has 1 heterocycles. The van der Waals surface area contributed by atoms with Crippen LogP contribution in [-0.4, -0.2) is 21.0 Å². The van der Waals surface area contributed by atoms with Crippen molar-refractivity contribution in [3.8, 4) is 0 Å². The number of carboxylic acid groups (broad SMARTS) is 1. The van der Waals surface area contributed by atoms with Gasteiger partial charge in [-0.1, -0.05) is 34.1 Å². The highest BCUT2D eigenvalue weighted by Gasteiger charge is 2.12. The normalized spacial score (nSPS) is 10.4. The Bertz CT molecular complexity index is 592. The van der Waals surface area contributed by atoms with Crippen molar-refractivity contribution in [2.24, 2.45) is 0 Å². The summed E-state index contributed by atoms with van der Waals surface area (Å²) in [7, 11) is 0. The van der Waals surface area contributed by atoms with E-state index < -0.39 is 5.97 Å².